The first-order chi connectivity index (χ1) is 11.5. The molecular weight excluding hydrogens is 338 g/mol. The molecule has 0 aromatic heterocycles. The number of hydrogen-bond acceptors (Lipinski definition) is 3. The summed E-state index contributed by atoms with van der Waals surface area (Å²) in [5.74, 6) is 2.62. The number of likely N-dealkylation sites (tertiary alicyclic amines) is 1. The third-order valence-corrected chi connectivity index (χ3v) is 6.59. The van der Waals surface area contributed by atoms with Crippen molar-refractivity contribution in [2.45, 2.75) is 70.9 Å². The van der Waals surface area contributed by atoms with E-state index in [4.69, 9.17) is 5.73 Å². The zero-order valence-electron chi connectivity index (χ0n) is 15.6. The van der Waals surface area contributed by atoms with Crippen molar-refractivity contribution >= 4 is 24.2 Å². The Kier molecular flexibility index (Phi) is 7.15. The van der Waals surface area contributed by atoms with Crippen LogP contribution in [0.15, 0.2) is 0 Å². The fraction of sp³-hybridized carbons (Fsp3) is 0.895. The number of halogens is 1. The van der Waals surface area contributed by atoms with Gasteiger partial charge in [0.15, 0.2) is 0 Å². The summed E-state index contributed by atoms with van der Waals surface area (Å²) in [7, 11) is 0. The van der Waals surface area contributed by atoms with Crippen molar-refractivity contribution in [2.24, 2.45) is 29.4 Å². The van der Waals surface area contributed by atoms with E-state index in [1.165, 1.54) is 32.1 Å². The van der Waals surface area contributed by atoms with Crippen molar-refractivity contribution in [1.29, 1.82) is 0 Å². The number of fused-ring (bicyclic) bond motifs is 2. The van der Waals surface area contributed by atoms with Gasteiger partial charge in [0.1, 0.15) is 0 Å². The lowest BCUT2D eigenvalue weighted by atomic mass is 9.83. The Morgan fingerprint density at radius 1 is 1.20 bits per heavy atom. The van der Waals surface area contributed by atoms with Crippen LogP contribution in [0.25, 0.3) is 0 Å². The lowest BCUT2D eigenvalue weighted by Gasteiger charge is -2.30. The number of nitrogens with one attached hydrogen (secondary N) is 1. The van der Waals surface area contributed by atoms with Gasteiger partial charge in [-0.2, -0.15) is 0 Å². The van der Waals surface area contributed by atoms with Crippen LogP contribution in [0.3, 0.4) is 0 Å². The van der Waals surface area contributed by atoms with Crippen LogP contribution in [0, 0.1) is 23.7 Å². The van der Waals surface area contributed by atoms with E-state index < -0.39 is 6.04 Å². The summed E-state index contributed by atoms with van der Waals surface area (Å²) in [5.41, 5.74) is 5.83. The number of nitrogens with zero attached hydrogens (tertiary/aromatic N) is 1. The summed E-state index contributed by atoms with van der Waals surface area (Å²) in [4.78, 5) is 26.5. The molecule has 2 bridgehead atoms. The minimum Gasteiger partial charge on any atom is -0.346 e. The zero-order chi connectivity index (χ0) is 17.3. The molecule has 3 fully saturated rings. The van der Waals surface area contributed by atoms with E-state index in [1.807, 2.05) is 18.7 Å². The highest BCUT2D eigenvalue weighted by Gasteiger charge is 2.42. The van der Waals surface area contributed by atoms with Gasteiger partial charge in [-0.05, 0) is 62.2 Å². The second kappa shape index (κ2) is 8.72. The molecule has 0 radical (unpaired) electrons. The van der Waals surface area contributed by atoms with Gasteiger partial charge in [-0.1, -0.05) is 20.3 Å². The predicted molar refractivity (Wildman–Crippen MR) is 101 cm³/mol. The van der Waals surface area contributed by atoms with Crippen molar-refractivity contribution in [2.75, 3.05) is 13.1 Å². The van der Waals surface area contributed by atoms with E-state index in [1.54, 1.807) is 0 Å². The van der Waals surface area contributed by atoms with Crippen LogP contribution in [-0.4, -0.2) is 41.9 Å². The second-order valence-electron chi connectivity index (χ2n) is 8.54. The molecule has 4 unspecified atom stereocenters. The molecule has 6 heteroatoms. The number of nitrogens with two attached hydrogens (primary N) is 1. The molecule has 3 aliphatic rings. The van der Waals surface area contributed by atoms with E-state index >= 15 is 0 Å². The lowest BCUT2D eigenvalue weighted by Crippen LogP contribution is -2.48. The highest BCUT2D eigenvalue weighted by atomic mass is 35.5. The van der Waals surface area contributed by atoms with Crippen LogP contribution in [0.5, 0.6) is 0 Å². The van der Waals surface area contributed by atoms with Crippen molar-refractivity contribution < 1.29 is 9.59 Å². The van der Waals surface area contributed by atoms with Gasteiger partial charge in [0, 0.05) is 12.6 Å². The maximum atomic E-state index is 12.6. The van der Waals surface area contributed by atoms with Crippen LogP contribution in [0.2, 0.25) is 0 Å². The Labute approximate surface area is 157 Å². The van der Waals surface area contributed by atoms with Gasteiger partial charge < -0.3 is 16.0 Å². The van der Waals surface area contributed by atoms with Crippen molar-refractivity contribution in [1.82, 2.24) is 10.2 Å². The fourth-order valence-electron chi connectivity index (χ4n) is 5.11. The molecule has 1 heterocycles. The predicted octanol–water partition coefficient (Wildman–Crippen LogP) is 2.32. The smallest absolute Gasteiger partial charge is 0.242 e. The van der Waals surface area contributed by atoms with Gasteiger partial charge in [0.25, 0.3) is 0 Å². The molecule has 2 aliphatic carbocycles. The highest BCUT2D eigenvalue weighted by Crippen LogP contribution is 2.50. The SMILES string of the molecule is CC(C)[C@H](N)C(=O)NCC(=O)N1CCCC1CC1CC2CCC1C2.Cl. The van der Waals surface area contributed by atoms with Crippen molar-refractivity contribution in [3.05, 3.63) is 0 Å². The third-order valence-electron chi connectivity index (χ3n) is 6.59. The number of amides is 2. The van der Waals surface area contributed by atoms with Gasteiger partial charge >= 0.3 is 0 Å². The molecular formula is C19H34ClN3O2. The summed E-state index contributed by atoms with van der Waals surface area (Å²) in [6.45, 7) is 4.76. The van der Waals surface area contributed by atoms with Gasteiger partial charge in [-0.25, -0.2) is 0 Å². The number of hydrogen-bond donors (Lipinski definition) is 2. The standard InChI is InChI=1S/C19H33N3O2.ClH/c1-12(2)18(20)19(24)21-11-17(23)22-7-3-4-16(22)10-15-9-13-5-6-14(15)8-13;/h12-16,18H,3-11,20H2,1-2H3,(H,21,24);1H/t13?,14?,15?,16?,18-;/m0./s1. The normalized spacial score (nSPS) is 31.9. The Bertz CT molecular complexity index is 485. The summed E-state index contributed by atoms with van der Waals surface area (Å²) in [6, 6.07) is -0.154. The molecule has 1 saturated heterocycles. The molecule has 5 atom stereocenters. The average Bonchev–Trinajstić information content (AvgIpc) is 3.28. The van der Waals surface area contributed by atoms with Gasteiger partial charge in [0.05, 0.1) is 12.6 Å². The molecule has 3 rings (SSSR count). The minimum absolute atomic E-state index is 0. The van der Waals surface area contributed by atoms with E-state index in [2.05, 4.69) is 5.32 Å². The number of carbonyl (C=O) groups is 2. The first-order valence-electron chi connectivity index (χ1n) is 9.78. The minimum atomic E-state index is -0.541. The van der Waals surface area contributed by atoms with E-state index in [0.29, 0.717) is 6.04 Å². The molecule has 0 aromatic rings. The molecule has 1 aliphatic heterocycles. The molecule has 0 spiro atoms. The maximum absolute atomic E-state index is 12.6. The van der Waals surface area contributed by atoms with E-state index in [9.17, 15) is 9.59 Å². The van der Waals surface area contributed by atoms with Crippen molar-refractivity contribution in [3.8, 4) is 0 Å². The highest BCUT2D eigenvalue weighted by molar-refractivity contribution is 5.87. The maximum Gasteiger partial charge on any atom is 0.242 e. The number of rotatable bonds is 6. The summed E-state index contributed by atoms with van der Waals surface area (Å²) < 4.78 is 0. The molecule has 2 amide bonds. The first kappa shape index (κ1) is 20.5. The number of carbonyl (C=O) groups excluding carboxylic acids is 2. The Balaban J connectivity index is 0.00000225. The van der Waals surface area contributed by atoms with Gasteiger partial charge in [-0.15, -0.1) is 12.4 Å². The summed E-state index contributed by atoms with van der Waals surface area (Å²) in [6.07, 6.45) is 9.02. The fourth-order valence-corrected chi connectivity index (χ4v) is 5.11. The summed E-state index contributed by atoms with van der Waals surface area (Å²) >= 11 is 0. The molecule has 2 saturated carbocycles. The zero-order valence-corrected chi connectivity index (χ0v) is 16.4. The topological polar surface area (TPSA) is 75.4 Å². The van der Waals surface area contributed by atoms with Gasteiger partial charge in [0.2, 0.25) is 11.8 Å². The van der Waals surface area contributed by atoms with Crippen LogP contribution < -0.4 is 11.1 Å². The van der Waals surface area contributed by atoms with Gasteiger partial charge in [-0.3, -0.25) is 9.59 Å². The molecule has 25 heavy (non-hydrogen) atoms. The Morgan fingerprint density at radius 2 is 1.96 bits per heavy atom. The lowest BCUT2D eigenvalue weighted by molar-refractivity contribution is -0.134. The average molecular weight is 372 g/mol. The Morgan fingerprint density at radius 3 is 2.56 bits per heavy atom. The van der Waals surface area contributed by atoms with Crippen LogP contribution in [0.1, 0.15) is 58.8 Å². The van der Waals surface area contributed by atoms with E-state index in [0.717, 1.165) is 37.1 Å². The van der Waals surface area contributed by atoms with Crippen LogP contribution in [-0.2, 0) is 9.59 Å². The van der Waals surface area contributed by atoms with E-state index in [-0.39, 0.29) is 36.7 Å². The monoisotopic (exact) mass is 371 g/mol. The second-order valence-corrected chi connectivity index (χ2v) is 8.54. The molecule has 5 nitrogen and oxygen atoms in total. The first-order valence-corrected chi connectivity index (χ1v) is 9.78. The van der Waals surface area contributed by atoms with Crippen molar-refractivity contribution in [3.63, 3.8) is 0 Å². The van der Waals surface area contributed by atoms with Crippen LogP contribution in [0.4, 0.5) is 0 Å². The molecule has 0 aromatic carbocycles. The summed E-state index contributed by atoms with van der Waals surface area (Å²) in [5, 5.41) is 2.73. The molecule has 144 valence electrons. The van der Waals surface area contributed by atoms with Crippen LogP contribution >= 0.6 is 12.4 Å². The largest absolute Gasteiger partial charge is 0.346 e. The molecule has 3 N–H and O–H groups in total. The quantitative estimate of drug-likeness (QED) is 0.752. The Hall–Kier alpha value is -0.810. The third kappa shape index (κ3) is 4.68.